The first kappa shape index (κ1) is 24.3. The Morgan fingerprint density at radius 2 is 1.97 bits per heavy atom. The van der Waals surface area contributed by atoms with Crippen molar-refractivity contribution in [2.45, 2.75) is 31.0 Å². The third-order valence-corrected chi connectivity index (χ3v) is 6.90. The van der Waals surface area contributed by atoms with Crippen molar-refractivity contribution < 1.29 is 33.4 Å². The zero-order chi connectivity index (χ0) is 24.1. The highest BCUT2D eigenvalue weighted by Gasteiger charge is 2.29. The zero-order valence-corrected chi connectivity index (χ0v) is 20.0. The molecule has 10 nitrogen and oxygen atoms in total. The number of nitrogens with one attached hydrogen (secondary N) is 2. The maximum absolute atomic E-state index is 12.9. The largest absolute Gasteiger partial charge is 0.538 e. The lowest BCUT2D eigenvalue weighted by atomic mass is 10.1. The van der Waals surface area contributed by atoms with Gasteiger partial charge in [-0.25, -0.2) is 4.79 Å². The van der Waals surface area contributed by atoms with E-state index in [-0.39, 0.29) is 27.1 Å². The van der Waals surface area contributed by atoms with Crippen molar-refractivity contribution in [1.82, 2.24) is 5.27 Å². The number of rotatable bonds is 8. The molecule has 0 aliphatic heterocycles. The van der Waals surface area contributed by atoms with Gasteiger partial charge >= 0.3 is 5.97 Å². The van der Waals surface area contributed by atoms with Crippen LogP contribution in [0.25, 0.3) is 0 Å². The van der Waals surface area contributed by atoms with E-state index in [1.54, 1.807) is 45.0 Å². The summed E-state index contributed by atoms with van der Waals surface area (Å²) in [5, 5.41) is 20.4. The lowest BCUT2D eigenvalue weighted by molar-refractivity contribution is -0.772. The molecule has 1 unspecified atom stereocenters. The van der Waals surface area contributed by atoms with Crippen LogP contribution >= 0.6 is 23.1 Å². The number of nitrogens with zero attached hydrogens (tertiary/aromatic N) is 2. The maximum Gasteiger partial charge on any atom is 0.341 e. The Morgan fingerprint density at radius 3 is 2.58 bits per heavy atom. The van der Waals surface area contributed by atoms with Crippen LogP contribution < -0.4 is 20.4 Å². The number of carbonyl (C=O) groups is 3. The summed E-state index contributed by atoms with van der Waals surface area (Å²) in [4.78, 5) is 38.6. The molecule has 0 aliphatic rings. The normalized spacial score (nSPS) is 11.6. The summed E-state index contributed by atoms with van der Waals surface area (Å²) >= 11 is 1.94. The molecular formula is C21H22N4O6S2. The summed E-state index contributed by atoms with van der Waals surface area (Å²) in [6.07, 6.45) is 0. The molecule has 1 atom stereocenters. The second-order valence-corrected chi connectivity index (χ2v) is 9.19. The van der Waals surface area contributed by atoms with Gasteiger partial charge in [-0.2, -0.15) is 0 Å². The third kappa shape index (κ3) is 5.52. The van der Waals surface area contributed by atoms with E-state index < -0.39 is 29.0 Å². The predicted octanol–water partition coefficient (Wildman–Crippen LogP) is 2.49. The number of anilines is 2. The number of para-hydroxylation sites is 1. The highest BCUT2D eigenvalue weighted by molar-refractivity contribution is 8.00. The molecule has 33 heavy (non-hydrogen) atoms. The van der Waals surface area contributed by atoms with Crippen LogP contribution in [0.1, 0.15) is 39.4 Å². The second-order valence-electron chi connectivity index (χ2n) is 6.84. The summed E-state index contributed by atoms with van der Waals surface area (Å²) < 4.78 is 10.9. The summed E-state index contributed by atoms with van der Waals surface area (Å²) in [5.41, 5.74) is 1.11. The molecule has 0 saturated heterocycles. The summed E-state index contributed by atoms with van der Waals surface area (Å²) in [5.74, 6) is -2.18. The average Bonchev–Trinajstić information content (AvgIpc) is 3.27. The number of benzene rings is 1. The SMILES string of the molecule is CCOC(=O)c1c(NC(=O)C(C)Sc2c([O-])on[n+]2C)sc(C(=O)Nc2ccccc2)c1C. The quantitative estimate of drug-likeness (QED) is 0.279. The Morgan fingerprint density at radius 1 is 1.27 bits per heavy atom. The minimum absolute atomic E-state index is 0.116. The number of esters is 1. The molecule has 3 rings (SSSR count). The van der Waals surface area contributed by atoms with Crippen molar-refractivity contribution in [3.63, 3.8) is 0 Å². The maximum atomic E-state index is 12.9. The minimum Gasteiger partial charge on any atom is -0.538 e. The van der Waals surface area contributed by atoms with Gasteiger partial charge in [0.2, 0.25) is 5.91 Å². The Balaban J connectivity index is 1.86. The number of thioether (sulfide) groups is 1. The van der Waals surface area contributed by atoms with Gasteiger partial charge in [0.05, 0.1) is 27.6 Å². The first-order chi connectivity index (χ1) is 15.7. The van der Waals surface area contributed by atoms with Crippen molar-refractivity contribution >= 4 is 51.6 Å². The van der Waals surface area contributed by atoms with E-state index in [2.05, 4.69) is 20.4 Å². The standard InChI is InChI=1S/C21H22N4O6S2/c1-5-30-20(28)14-11(2)15(17(27)22-13-9-7-6-8-10-13)33-18(14)23-16(26)12(3)32-19-21(29)31-24-25(19)4/h6-10,12H,5H2,1-4H3,(H2-,22,23,24,26,27,28,29). The molecule has 0 bridgehead atoms. The monoisotopic (exact) mass is 490 g/mol. The molecule has 3 aromatic rings. The zero-order valence-electron chi connectivity index (χ0n) is 18.3. The molecule has 174 valence electrons. The minimum atomic E-state index is -0.720. The number of aryl methyl sites for hydroxylation is 1. The molecule has 12 heteroatoms. The van der Waals surface area contributed by atoms with Crippen LogP contribution in [0.5, 0.6) is 5.95 Å². The first-order valence-corrected chi connectivity index (χ1v) is 11.6. The molecule has 0 fully saturated rings. The van der Waals surface area contributed by atoms with E-state index in [0.29, 0.717) is 11.3 Å². The van der Waals surface area contributed by atoms with Crippen molar-refractivity contribution in [2.24, 2.45) is 7.05 Å². The van der Waals surface area contributed by atoms with Crippen LogP contribution in [0.4, 0.5) is 10.7 Å². The molecule has 2 aromatic heterocycles. The van der Waals surface area contributed by atoms with E-state index in [1.165, 1.54) is 11.7 Å². The van der Waals surface area contributed by atoms with E-state index >= 15 is 0 Å². The number of ether oxygens (including phenoxy) is 1. The molecule has 0 spiro atoms. The van der Waals surface area contributed by atoms with Crippen LogP contribution in [0, 0.1) is 6.92 Å². The average molecular weight is 491 g/mol. The van der Waals surface area contributed by atoms with Gasteiger partial charge in [0.25, 0.3) is 10.9 Å². The van der Waals surface area contributed by atoms with Gasteiger partial charge in [-0.15, -0.1) is 11.3 Å². The fourth-order valence-corrected chi connectivity index (χ4v) is 4.76. The fourth-order valence-electron chi connectivity index (χ4n) is 2.84. The molecule has 0 aliphatic carbocycles. The van der Waals surface area contributed by atoms with Crippen molar-refractivity contribution in [3.8, 4) is 5.95 Å². The number of hydrogen-bond acceptors (Lipinski definition) is 9. The van der Waals surface area contributed by atoms with Gasteiger partial charge in [0, 0.05) is 5.69 Å². The van der Waals surface area contributed by atoms with Gasteiger partial charge in [0.1, 0.15) is 5.00 Å². The third-order valence-electron chi connectivity index (χ3n) is 4.47. The number of aromatic nitrogens is 2. The Labute approximate surface area is 197 Å². The van der Waals surface area contributed by atoms with Gasteiger partial charge < -0.3 is 25.0 Å². The van der Waals surface area contributed by atoms with E-state index in [0.717, 1.165) is 23.1 Å². The number of amides is 2. The lowest BCUT2D eigenvalue weighted by Gasteiger charge is -2.10. The van der Waals surface area contributed by atoms with Gasteiger partial charge in [-0.3, -0.25) is 9.59 Å². The Kier molecular flexibility index (Phi) is 7.71. The van der Waals surface area contributed by atoms with Crippen LogP contribution in [0.15, 0.2) is 39.9 Å². The smallest absolute Gasteiger partial charge is 0.341 e. The van der Waals surface area contributed by atoms with E-state index in [1.807, 2.05) is 6.07 Å². The summed E-state index contributed by atoms with van der Waals surface area (Å²) in [6, 6.07) is 8.88. The van der Waals surface area contributed by atoms with Crippen molar-refractivity contribution in [3.05, 3.63) is 46.3 Å². The lowest BCUT2D eigenvalue weighted by Crippen LogP contribution is -2.33. The van der Waals surface area contributed by atoms with Crippen LogP contribution in [0.2, 0.25) is 0 Å². The molecular weight excluding hydrogens is 468 g/mol. The highest BCUT2D eigenvalue weighted by Crippen LogP contribution is 2.35. The molecule has 2 amide bonds. The Bertz CT molecular complexity index is 1160. The molecule has 2 N–H and O–H groups in total. The fraction of sp³-hybridized carbons (Fsp3) is 0.286. The summed E-state index contributed by atoms with van der Waals surface area (Å²) in [7, 11) is 1.52. The summed E-state index contributed by atoms with van der Waals surface area (Å²) in [6.45, 7) is 5.02. The second kappa shape index (κ2) is 10.5. The van der Waals surface area contributed by atoms with Crippen molar-refractivity contribution in [1.29, 1.82) is 0 Å². The molecule has 2 heterocycles. The Hall–Kier alpha value is -3.38. The molecule has 0 radical (unpaired) electrons. The van der Waals surface area contributed by atoms with E-state index in [4.69, 9.17) is 4.74 Å². The van der Waals surface area contributed by atoms with Crippen LogP contribution in [0.3, 0.4) is 0 Å². The van der Waals surface area contributed by atoms with E-state index in [9.17, 15) is 19.5 Å². The number of carbonyl (C=O) groups excluding carboxylic acids is 3. The molecule has 0 saturated carbocycles. The van der Waals surface area contributed by atoms with Crippen LogP contribution in [-0.2, 0) is 16.6 Å². The van der Waals surface area contributed by atoms with Crippen molar-refractivity contribution in [2.75, 3.05) is 17.2 Å². The first-order valence-electron chi connectivity index (χ1n) is 9.90. The highest BCUT2D eigenvalue weighted by atomic mass is 32.2. The van der Waals surface area contributed by atoms with Gasteiger partial charge in [0.15, 0.2) is 13.0 Å². The molecule has 1 aromatic carbocycles. The van der Waals surface area contributed by atoms with Gasteiger partial charge in [-0.05, 0) is 50.2 Å². The predicted molar refractivity (Wildman–Crippen MR) is 120 cm³/mol. The van der Waals surface area contributed by atoms with Gasteiger partial charge in [-0.1, -0.05) is 22.9 Å². The number of hydrogen-bond donors (Lipinski definition) is 2. The van der Waals surface area contributed by atoms with Crippen LogP contribution in [-0.4, -0.2) is 34.9 Å². The number of thiophene rings is 1. The topological polar surface area (TPSA) is 137 Å².